The van der Waals surface area contributed by atoms with Crippen LogP contribution in [0, 0.1) is 6.92 Å². The molecule has 0 radical (unpaired) electrons. The third-order valence-corrected chi connectivity index (χ3v) is 6.77. The first-order chi connectivity index (χ1) is 13.8. The number of sulfonamides is 1. The molecule has 1 aromatic heterocycles. The lowest BCUT2D eigenvalue weighted by molar-refractivity contribution is -0.0891. The van der Waals surface area contributed by atoms with E-state index in [-0.39, 0.29) is 17.6 Å². The van der Waals surface area contributed by atoms with E-state index in [0.29, 0.717) is 25.3 Å². The van der Waals surface area contributed by atoms with Crippen molar-refractivity contribution in [3.05, 3.63) is 41.7 Å². The molecular weight excluding hydrogens is 392 g/mol. The fraction of sp³-hybridized carbons (Fsp3) is 0.600. The Morgan fingerprint density at radius 1 is 1.28 bits per heavy atom. The highest BCUT2D eigenvalue weighted by Gasteiger charge is 2.33. The van der Waals surface area contributed by atoms with Gasteiger partial charge in [0.1, 0.15) is 0 Å². The van der Waals surface area contributed by atoms with Crippen LogP contribution in [0.15, 0.2) is 35.4 Å². The molecule has 0 bridgehead atoms. The number of benzene rings is 1. The molecule has 0 amide bonds. The first kappa shape index (κ1) is 21.9. The number of hydrogen-bond acceptors (Lipinski definition) is 6. The van der Waals surface area contributed by atoms with Crippen LogP contribution in [0.25, 0.3) is 0 Å². The third kappa shape index (κ3) is 5.63. The average Bonchev–Trinajstić information content (AvgIpc) is 3.17. The first-order valence-corrected chi connectivity index (χ1v) is 11.5. The lowest BCUT2D eigenvalue weighted by Crippen LogP contribution is -2.50. The van der Waals surface area contributed by atoms with Crippen molar-refractivity contribution >= 4 is 10.0 Å². The SMILES string of the molecule is Cc1ccc(S(=O)(=O)N[C@H]2CC[C@@H](CCn3cc(C(C)C)nn3)O[C@@H]2CO)cc1. The van der Waals surface area contributed by atoms with Crippen molar-refractivity contribution in [2.45, 2.75) is 75.6 Å². The average molecular weight is 423 g/mol. The maximum Gasteiger partial charge on any atom is 0.240 e. The summed E-state index contributed by atoms with van der Waals surface area (Å²) in [5.41, 5.74) is 1.95. The molecule has 3 rings (SSSR count). The van der Waals surface area contributed by atoms with Gasteiger partial charge in [-0.1, -0.05) is 36.8 Å². The van der Waals surface area contributed by atoms with Gasteiger partial charge in [-0.15, -0.1) is 5.10 Å². The summed E-state index contributed by atoms with van der Waals surface area (Å²) in [6, 6.07) is 6.24. The molecule has 1 saturated heterocycles. The topological polar surface area (TPSA) is 106 Å². The van der Waals surface area contributed by atoms with Crippen molar-refractivity contribution in [1.82, 2.24) is 19.7 Å². The highest BCUT2D eigenvalue weighted by atomic mass is 32.2. The van der Waals surface area contributed by atoms with Crippen molar-refractivity contribution in [2.75, 3.05) is 6.61 Å². The molecule has 8 nitrogen and oxygen atoms in total. The second kappa shape index (κ2) is 9.34. The monoisotopic (exact) mass is 422 g/mol. The van der Waals surface area contributed by atoms with Gasteiger partial charge in [0.2, 0.25) is 10.0 Å². The summed E-state index contributed by atoms with van der Waals surface area (Å²) in [6.45, 7) is 6.48. The van der Waals surface area contributed by atoms with E-state index in [1.54, 1.807) is 28.9 Å². The summed E-state index contributed by atoms with van der Waals surface area (Å²) in [6.07, 6.45) is 3.36. The maximum absolute atomic E-state index is 12.7. The standard InChI is InChI=1S/C20H30N4O4S/c1-14(2)19-12-24(23-21-19)11-10-16-6-9-18(20(13-25)28-16)22-29(26,27)17-7-4-15(3)5-8-17/h4-5,7-8,12,14,16,18,20,22,25H,6,9-11,13H2,1-3H3/t16-,18-,20+/m0/s1. The lowest BCUT2D eigenvalue weighted by atomic mass is 9.98. The fourth-order valence-electron chi connectivity index (χ4n) is 3.43. The van der Waals surface area contributed by atoms with Gasteiger partial charge in [0, 0.05) is 12.7 Å². The van der Waals surface area contributed by atoms with Crippen molar-refractivity contribution in [1.29, 1.82) is 0 Å². The number of nitrogens with one attached hydrogen (secondary N) is 1. The van der Waals surface area contributed by atoms with Gasteiger partial charge < -0.3 is 9.84 Å². The number of rotatable bonds is 8. The molecule has 1 fully saturated rings. The molecule has 0 spiro atoms. The summed E-state index contributed by atoms with van der Waals surface area (Å²) in [7, 11) is -3.66. The molecule has 2 heterocycles. The lowest BCUT2D eigenvalue weighted by Gasteiger charge is -2.36. The molecule has 2 N–H and O–H groups in total. The van der Waals surface area contributed by atoms with Gasteiger partial charge in [-0.05, 0) is 44.2 Å². The quantitative estimate of drug-likeness (QED) is 0.674. The van der Waals surface area contributed by atoms with E-state index in [1.165, 1.54) is 0 Å². The zero-order valence-electron chi connectivity index (χ0n) is 17.2. The molecule has 1 aliphatic rings. The molecule has 9 heteroatoms. The number of aryl methyl sites for hydroxylation is 2. The Hall–Kier alpha value is -1.81. The summed E-state index contributed by atoms with van der Waals surface area (Å²) in [5.74, 6) is 0.329. The zero-order chi connectivity index (χ0) is 21.0. The van der Waals surface area contributed by atoms with Gasteiger partial charge in [-0.3, -0.25) is 4.68 Å². The molecule has 0 aliphatic carbocycles. The Morgan fingerprint density at radius 2 is 2.00 bits per heavy atom. The van der Waals surface area contributed by atoms with Crippen LogP contribution in [0.2, 0.25) is 0 Å². The Kier molecular flexibility index (Phi) is 7.05. The highest BCUT2D eigenvalue weighted by molar-refractivity contribution is 7.89. The van der Waals surface area contributed by atoms with Crippen LogP contribution in [-0.2, 0) is 21.3 Å². The Balaban J connectivity index is 1.56. The zero-order valence-corrected chi connectivity index (χ0v) is 18.0. The number of hydrogen-bond donors (Lipinski definition) is 2. The summed E-state index contributed by atoms with van der Waals surface area (Å²) < 4.78 is 35.8. The third-order valence-electron chi connectivity index (χ3n) is 5.26. The molecule has 0 unspecified atom stereocenters. The maximum atomic E-state index is 12.7. The minimum Gasteiger partial charge on any atom is -0.394 e. The Bertz CT molecular complexity index is 895. The second-order valence-electron chi connectivity index (χ2n) is 7.95. The van der Waals surface area contributed by atoms with Gasteiger partial charge >= 0.3 is 0 Å². The number of aliphatic hydroxyl groups is 1. The number of nitrogens with zero attached hydrogens (tertiary/aromatic N) is 3. The van der Waals surface area contributed by atoms with Crippen molar-refractivity contribution in [2.24, 2.45) is 0 Å². The smallest absolute Gasteiger partial charge is 0.240 e. The number of ether oxygens (including phenoxy) is 1. The molecule has 160 valence electrons. The minimum atomic E-state index is -3.66. The summed E-state index contributed by atoms with van der Waals surface area (Å²) in [5, 5.41) is 18.0. The van der Waals surface area contributed by atoms with Crippen LogP contribution in [0.1, 0.15) is 50.3 Å². The van der Waals surface area contributed by atoms with E-state index in [9.17, 15) is 13.5 Å². The van der Waals surface area contributed by atoms with E-state index in [4.69, 9.17) is 4.74 Å². The summed E-state index contributed by atoms with van der Waals surface area (Å²) in [4.78, 5) is 0.217. The van der Waals surface area contributed by atoms with E-state index in [2.05, 4.69) is 28.9 Å². The predicted octanol–water partition coefficient (Wildman–Crippen LogP) is 1.99. The van der Waals surface area contributed by atoms with E-state index >= 15 is 0 Å². The number of aliphatic hydroxyl groups excluding tert-OH is 1. The normalized spacial score (nSPS) is 22.9. The van der Waals surface area contributed by atoms with E-state index in [0.717, 1.165) is 17.7 Å². The fourth-order valence-corrected chi connectivity index (χ4v) is 4.73. The van der Waals surface area contributed by atoms with Crippen molar-refractivity contribution in [3.63, 3.8) is 0 Å². The van der Waals surface area contributed by atoms with Crippen LogP contribution in [0.3, 0.4) is 0 Å². The molecule has 1 aliphatic heterocycles. The van der Waals surface area contributed by atoms with Gasteiger partial charge in [0.25, 0.3) is 0 Å². The van der Waals surface area contributed by atoms with E-state index < -0.39 is 22.2 Å². The van der Waals surface area contributed by atoms with Crippen molar-refractivity contribution in [3.8, 4) is 0 Å². The van der Waals surface area contributed by atoms with Gasteiger partial charge in [0.15, 0.2) is 0 Å². The van der Waals surface area contributed by atoms with Crippen LogP contribution >= 0.6 is 0 Å². The Labute approximate surface area is 172 Å². The summed E-state index contributed by atoms with van der Waals surface area (Å²) >= 11 is 0. The predicted molar refractivity (Wildman–Crippen MR) is 109 cm³/mol. The molecule has 29 heavy (non-hydrogen) atoms. The van der Waals surface area contributed by atoms with Gasteiger partial charge in [-0.2, -0.15) is 0 Å². The van der Waals surface area contributed by atoms with Gasteiger partial charge in [-0.25, -0.2) is 13.1 Å². The molecule has 3 atom stereocenters. The van der Waals surface area contributed by atoms with Crippen LogP contribution < -0.4 is 4.72 Å². The molecule has 1 aromatic carbocycles. The first-order valence-electron chi connectivity index (χ1n) is 10.0. The largest absolute Gasteiger partial charge is 0.394 e. The van der Waals surface area contributed by atoms with Crippen LogP contribution in [-0.4, -0.2) is 53.4 Å². The molecular formula is C20H30N4O4S. The van der Waals surface area contributed by atoms with Crippen LogP contribution in [0.4, 0.5) is 0 Å². The highest BCUT2D eigenvalue weighted by Crippen LogP contribution is 2.24. The second-order valence-corrected chi connectivity index (χ2v) is 9.66. The van der Waals surface area contributed by atoms with Crippen molar-refractivity contribution < 1.29 is 18.3 Å². The van der Waals surface area contributed by atoms with E-state index in [1.807, 2.05) is 13.1 Å². The molecule has 0 saturated carbocycles. The van der Waals surface area contributed by atoms with Gasteiger partial charge in [0.05, 0.1) is 35.4 Å². The molecule has 2 aromatic rings. The van der Waals surface area contributed by atoms with Crippen LogP contribution in [0.5, 0.6) is 0 Å². The Morgan fingerprint density at radius 3 is 2.62 bits per heavy atom. The minimum absolute atomic E-state index is 0.0565. The number of aromatic nitrogens is 3.